The highest BCUT2D eigenvalue weighted by Crippen LogP contribution is 2.52. The van der Waals surface area contributed by atoms with Crippen LogP contribution in [0.2, 0.25) is 0 Å². The van der Waals surface area contributed by atoms with E-state index in [9.17, 15) is 0 Å². The molecule has 8 aromatic carbocycles. The summed E-state index contributed by atoms with van der Waals surface area (Å²) in [6.07, 6.45) is 0. The Labute approximate surface area is 340 Å². The molecule has 0 aliphatic heterocycles. The van der Waals surface area contributed by atoms with Crippen molar-refractivity contribution in [2.24, 2.45) is 0 Å². The molecule has 0 saturated carbocycles. The maximum absolute atomic E-state index is 2.34. The van der Waals surface area contributed by atoms with Crippen molar-refractivity contribution in [2.45, 2.75) is 6.92 Å². The largest absolute Gasteiger partial charge is 0.345 e. The van der Waals surface area contributed by atoms with Crippen LogP contribution >= 0.6 is 11.3 Å². The topological polar surface area (TPSA) is 6.48 Å². The van der Waals surface area contributed by atoms with E-state index >= 15 is 0 Å². The quantitative estimate of drug-likeness (QED) is 0.137. The molecule has 1 aromatic heterocycles. The van der Waals surface area contributed by atoms with Gasteiger partial charge in [-0.2, -0.15) is 0 Å². The first-order chi connectivity index (χ1) is 28.1. The van der Waals surface area contributed by atoms with Gasteiger partial charge in [-0.3, -0.25) is 0 Å². The lowest BCUT2D eigenvalue weighted by atomic mass is 9.91. The summed E-state index contributed by atoms with van der Waals surface area (Å²) >= 11 is 1.88. The van der Waals surface area contributed by atoms with Gasteiger partial charge in [-0.25, -0.2) is 0 Å². The lowest BCUT2D eigenvalue weighted by Gasteiger charge is -2.26. The molecule has 0 unspecified atom stereocenters. The third-order valence-electron chi connectivity index (χ3n) is 10.6. The maximum Gasteiger partial charge on any atom is 0.0462 e. The molecule has 0 aliphatic carbocycles. The highest BCUT2D eigenvalue weighted by molar-refractivity contribution is 7.20. The van der Waals surface area contributed by atoms with Crippen LogP contribution in [0, 0.1) is 6.92 Å². The monoisotopic (exact) mass is 750 g/mol. The Morgan fingerprint density at radius 1 is 0.298 bits per heavy atom. The molecule has 0 spiro atoms. The average Bonchev–Trinajstić information content (AvgIpc) is 3.69. The fourth-order valence-electron chi connectivity index (χ4n) is 7.57. The number of benzene rings is 8. The predicted molar refractivity (Wildman–Crippen MR) is 245 cm³/mol. The van der Waals surface area contributed by atoms with Crippen molar-refractivity contribution in [2.75, 3.05) is 16.8 Å². The molecule has 9 rings (SSSR count). The first kappa shape index (κ1) is 35.7. The van der Waals surface area contributed by atoms with E-state index in [4.69, 9.17) is 0 Å². The van der Waals surface area contributed by atoms with Crippen LogP contribution in [0.25, 0.3) is 54.3 Å². The SMILES string of the molecule is Cc1ccc(-c2sc(-c3ccc(N(c4ccccc4)c4ccc(-c5ccc(N(C)c6ccccc6)cc5)cc4)cc3)c(-c3ccccc3)c2-c2ccccc2)cc1. The van der Waals surface area contributed by atoms with Gasteiger partial charge in [0.15, 0.2) is 0 Å². The Hall–Kier alpha value is -6.94. The molecular weight excluding hydrogens is 709 g/mol. The second-order valence-corrected chi connectivity index (χ2v) is 15.3. The summed E-state index contributed by atoms with van der Waals surface area (Å²) in [7, 11) is 2.11. The van der Waals surface area contributed by atoms with Gasteiger partial charge in [0.1, 0.15) is 0 Å². The second-order valence-electron chi connectivity index (χ2n) is 14.3. The number of hydrogen-bond donors (Lipinski definition) is 0. The standard InChI is InChI=1S/C54H42N2S/c1-39-23-25-44(26-24-39)53-51(42-15-7-3-8-16-42)52(43-17-9-4-10-18-43)54(57-53)45-31-37-50(38-32-45)56(48-21-13-6-14-22-48)49-35-29-41(30-36-49)40-27-33-47(34-28-40)55(2)46-19-11-5-12-20-46/h3-38H,1-2H3. The van der Waals surface area contributed by atoms with Crippen LogP contribution < -0.4 is 9.80 Å². The van der Waals surface area contributed by atoms with Gasteiger partial charge in [0.2, 0.25) is 0 Å². The Bertz CT molecular complexity index is 2690. The van der Waals surface area contributed by atoms with E-state index in [1.807, 2.05) is 17.4 Å². The lowest BCUT2D eigenvalue weighted by molar-refractivity contribution is 1.21. The van der Waals surface area contributed by atoms with Gasteiger partial charge in [-0.05, 0) is 101 Å². The van der Waals surface area contributed by atoms with Gasteiger partial charge in [0.25, 0.3) is 0 Å². The normalized spacial score (nSPS) is 11.0. The van der Waals surface area contributed by atoms with Crippen molar-refractivity contribution in [3.63, 3.8) is 0 Å². The zero-order chi connectivity index (χ0) is 38.6. The van der Waals surface area contributed by atoms with E-state index in [-0.39, 0.29) is 0 Å². The zero-order valence-electron chi connectivity index (χ0n) is 32.1. The van der Waals surface area contributed by atoms with Crippen molar-refractivity contribution < 1.29 is 0 Å². The average molecular weight is 751 g/mol. The molecule has 0 bridgehead atoms. The summed E-state index contributed by atoms with van der Waals surface area (Å²) in [5, 5.41) is 0. The number of anilines is 5. The Morgan fingerprint density at radius 2 is 0.614 bits per heavy atom. The molecule has 2 nitrogen and oxygen atoms in total. The Kier molecular flexibility index (Phi) is 10.1. The molecule has 1 heterocycles. The van der Waals surface area contributed by atoms with E-state index in [0.29, 0.717) is 0 Å². The van der Waals surface area contributed by atoms with Crippen LogP contribution in [0.15, 0.2) is 218 Å². The summed E-state index contributed by atoms with van der Waals surface area (Å²) in [6, 6.07) is 78.6. The summed E-state index contributed by atoms with van der Waals surface area (Å²) in [5.41, 5.74) is 16.7. The predicted octanol–water partition coefficient (Wildman–Crippen LogP) is 15.6. The summed E-state index contributed by atoms with van der Waals surface area (Å²) in [5.74, 6) is 0. The summed E-state index contributed by atoms with van der Waals surface area (Å²) in [6.45, 7) is 2.15. The van der Waals surface area contributed by atoms with E-state index in [1.165, 1.54) is 65.5 Å². The zero-order valence-corrected chi connectivity index (χ0v) is 32.9. The minimum absolute atomic E-state index is 1.10. The molecule has 0 saturated heterocycles. The number of nitrogens with zero attached hydrogens (tertiary/aromatic N) is 2. The molecular formula is C54H42N2S. The number of aryl methyl sites for hydroxylation is 1. The molecule has 0 amide bonds. The highest BCUT2D eigenvalue weighted by Gasteiger charge is 2.23. The molecule has 3 heteroatoms. The third kappa shape index (κ3) is 7.41. The fraction of sp³-hybridized carbons (Fsp3) is 0.0370. The van der Waals surface area contributed by atoms with Gasteiger partial charge in [-0.1, -0.05) is 163 Å². The van der Waals surface area contributed by atoms with Gasteiger partial charge in [0.05, 0.1) is 0 Å². The minimum Gasteiger partial charge on any atom is -0.345 e. The van der Waals surface area contributed by atoms with Crippen molar-refractivity contribution in [3.8, 4) is 54.3 Å². The van der Waals surface area contributed by atoms with Crippen LogP contribution in [0.4, 0.5) is 28.4 Å². The molecule has 0 atom stereocenters. The summed E-state index contributed by atoms with van der Waals surface area (Å²) < 4.78 is 0. The van der Waals surface area contributed by atoms with Gasteiger partial charge in [0, 0.05) is 56.4 Å². The van der Waals surface area contributed by atoms with E-state index < -0.39 is 0 Å². The molecule has 274 valence electrons. The van der Waals surface area contributed by atoms with E-state index in [2.05, 4.69) is 236 Å². The molecule has 0 radical (unpaired) electrons. The van der Waals surface area contributed by atoms with Gasteiger partial charge < -0.3 is 9.80 Å². The maximum atomic E-state index is 2.34. The number of thiophene rings is 1. The van der Waals surface area contributed by atoms with E-state index in [1.54, 1.807) is 0 Å². The molecule has 0 aliphatic rings. The summed E-state index contributed by atoms with van der Waals surface area (Å²) in [4.78, 5) is 7.09. The first-order valence-electron chi connectivity index (χ1n) is 19.4. The Morgan fingerprint density at radius 3 is 1.05 bits per heavy atom. The van der Waals surface area contributed by atoms with Crippen LogP contribution in [-0.4, -0.2) is 7.05 Å². The van der Waals surface area contributed by atoms with Crippen LogP contribution in [0.5, 0.6) is 0 Å². The Balaban J connectivity index is 1.09. The van der Waals surface area contributed by atoms with Gasteiger partial charge >= 0.3 is 0 Å². The number of rotatable bonds is 10. The highest BCUT2D eigenvalue weighted by atomic mass is 32.1. The first-order valence-corrected chi connectivity index (χ1v) is 20.2. The van der Waals surface area contributed by atoms with Crippen LogP contribution in [-0.2, 0) is 0 Å². The smallest absolute Gasteiger partial charge is 0.0462 e. The molecule has 0 fully saturated rings. The molecule has 57 heavy (non-hydrogen) atoms. The van der Waals surface area contributed by atoms with Gasteiger partial charge in [-0.15, -0.1) is 11.3 Å². The lowest BCUT2D eigenvalue weighted by Crippen LogP contribution is -2.09. The fourth-order valence-corrected chi connectivity index (χ4v) is 8.93. The van der Waals surface area contributed by atoms with E-state index in [0.717, 1.165) is 22.7 Å². The van der Waals surface area contributed by atoms with Crippen molar-refractivity contribution >= 4 is 39.8 Å². The van der Waals surface area contributed by atoms with Crippen LogP contribution in [0.3, 0.4) is 0 Å². The number of hydrogen-bond acceptors (Lipinski definition) is 3. The molecule has 9 aromatic rings. The van der Waals surface area contributed by atoms with Crippen molar-refractivity contribution in [3.05, 3.63) is 224 Å². The third-order valence-corrected chi connectivity index (χ3v) is 11.9. The second kappa shape index (κ2) is 16.0. The minimum atomic E-state index is 1.10. The van der Waals surface area contributed by atoms with Crippen molar-refractivity contribution in [1.82, 2.24) is 0 Å². The molecule has 0 N–H and O–H groups in total. The number of para-hydroxylation sites is 2. The van der Waals surface area contributed by atoms with Crippen molar-refractivity contribution in [1.29, 1.82) is 0 Å². The van der Waals surface area contributed by atoms with Crippen LogP contribution in [0.1, 0.15) is 5.56 Å².